The molecule has 0 aliphatic carbocycles. The molecule has 8 heavy (non-hydrogen) atoms. The van der Waals surface area contributed by atoms with Crippen molar-refractivity contribution in [1.82, 2.24) is 0 Å². The van der Waals surface area contributed by atoms with Crippen LogP contribution in [-0.4, -0.2) is 25.2 Å². The topological polar surface area (TPSA) is 35.2 Å². The third-order valence-electron chi connectivity index (χ3n) is 1.13. The third kappa shape index (κ3) is 0.809. The summed E-state index contributed by atoms with van der Waals surface area (Å²) in [5.74, 6) is -2.79. The van der Waals surface area contributed by atoms with Gasteiger partial charge in [0.2, 0.25) is 0 Å². The van der Waals surface area contributed by atoms with Crippen LogP contribution < -0.4 is 5.73 Å². The smallest absolute Gasteiger partial charge is 0.287 e. The van der Waals surface area contributed by atoms with Crippen molar-refractivity contribution in [1.29, 1.82) is 0 Å². The van der Waals surface area contributed by atoms with Gasteiger partial charge in [-0.2, -0.15) is 0 Å². The Kier molecular flexibility index (Phi) is 1.21. The van der Waals surface area contributed by atoms with E-state index in [9.17, 15) is 8.78 Å². The zero-order valence-corrected chi connectivity index (χ0v) is 4.23. The fourth-order valence-electron chi connectivity index (χ4n) is 0.551. The highest BCUT2D eigenvalue weighted by Gasteiger charge is 2.42. The van der Waals surface area contributed by atoms with Gasteiger partial charge >= 0.3 is 0 Å². The van der Waals surface area contributed by atoms with Crippen molar-refractivity contribution < 1.29 is 13.5 Å². The summed E-state index contributed by atoms with van der Waals surface area (Å²) in [6.07, 6.45) is 0. The largest absolute Gasteiger partial charge is 0.373 e. The molecule has 48 valence electrons. The van der Waals surface area contributed by atoms with Crippen LogP contribution >= 0.6 is 0 Å². The molecule has 0 spiro atoms. The third-order valence-corrected chi connectivity index (χ3v) is 1.13. The first-order chi connectivity index (χ1) is 3.63. The van der Waals surface area contributed by atoms with Crippen molar-refractivity contribution in [3.63, 3.8) is 0 Å². The van der Waals surface area contributed by atoms with Gasteiger partial charge in [-0.05, 0) is 0 Å². The number of hydrogen-bond donors (Lipinski definition) is 1. The van der Waals surface area contributed by atoms with Crippen molar-refractivity contribution in [2.45, 2.75) is 12.0 Å². The fraction of sp³-hybridized carbons (Fsp3) is 1.00. The van der Waals surface area contributed by atoms with Crippen LogP contribution in [0.1, 0.15) is 0 Å². The standard InChI is InChI=1S/C4H7F2NO/c5-4(6)2-8-1-3(4)7/h3H,1-2,7H2. The maximum absolute atomic E-state index is 12.1. The fourth-order valence-corrected chi connectivity index (χ4v) is 0.551. The average Bonchev–Trinajstić information content (AvgIpc) is 1.86. The Balaban J connectivity index is 2.54. The normalized spacial score (nSPS) is 35.6. The predicted molar refractivity (Wildman–Crippen MR) is 23.7 cm³/mol. The summed E-state index contributed by atoms with van der Waals surface area (Å²) >= 11 is 0. The summed E-state index contributed by atoms with van der Waals surface area (Å²) in [6, 6.07) is -1.09. The minimum absolute atomic E-state index is 0.0208. The summed E-state index contributed by atoms with van der Waals surface area (Å²) < 4.78 is 28.6. The highest BCUT2D eigenvalue weighted by atomic mass is 19.3. The molecule has 1 rings (SSSR count). The van der Waals surface area contributed by atoms with Crippen LogP contribution in [0.3, 0.4) is 0 Å². The molecule has 2 nitrogen and oxygen atoms in total. The van der Waals surface area contributed by atoms with Gasteiger partial charge in [-0.15, -0.1) is 0 Å². The Bertz CT molecular complexity index is 96.0. The highest BCUT2D eigenvalue weighted by molar-refractivity contribution is 4.84. The molecule has 2 N–H and O–H groups in total. The lowest BCUT2D eigenvalue weighted by molar-refractivity contribution is -0.0166. The van der Waals surface area contributed by atoms with E-state index in [0.717, 1.165) is 0 Å². The lowest BCUT2D eigenvalue weighted by Gasteiger charge is -2.09. The van der Waals surface area contributed by atoms with E-state index in [0.29, 0.717) is 0 Å². The van der Waals surface area contributed by atoms with Crippen LogP contribution in [0.15, 0.2) is 0 Å². The van der Waals surface area contributed by atoms with Crippen LogP contribution in [-0.2, 0) is 4.74 Å². The lowest BCUT2D eigenvalue weighted by atomic mass is 10.2. The first-order valence-corrected chi connectivity index (χ1v) is 2.34. The van der Waals surface area contributed by atoms with E-state index in [1.165, 1.54) is 0 Å². The molecule has 0 amide bonds. The molecule has 1 unspecified atom stereocenters. The first-order valence-electron chi connectivity index (χ1n) is 2.34. The quantitative estimate of drug-likeness (QED) is 0.491. The van der Waals surface area contributed by atoms with Gasteiger partial charge in [0.25, 0.3) is 5.92 Å². The van der Waals surface area contributed by atoms with Crippen LogP contribution in [0.2, 0.25) is 0 Å². The number of hydrogen-bond acceptors (Lipinski definition) is 2. The lowest BCUT2D eigenvalue weighted by Crippen LogP contribution is -2.38. The molecular weight excluding hydrogens is 116 g/mol. The first kappa shape index (κ1) is 5.91. The molecule has 1 aliphatic rings. The van der Waals surface area contributed by atoms with Gasteiger partial charge in [-0.25, -0.2) is 8.78 Å². The molecule has 1 fully saturated rings. The SMILES string of the molecule is NC1COCC1(F)F. The van der Waals surface area contributed by atoms with Gasteiger partial charge in [-0.3, -0.25) is 0 Å². The molecule has 1 saturated heterocycles. The van der Waals surface area contributed by atoms with E-state index in [4.69, 9.17) is 5.73 Å². The van der Waals surface area contributed by atoms with Crippen LogP contribution in [0, 0.1) is 0 Å². The van der Waals surface area contributed by atoms with E-state index in [-0.39, 0.29) is 6.61 Å². The number of alkyl halides is 2. The van der Waals surface area contributed by atoms with E-state index in [2.05, 4.69) is 4.74 Å². The van der Waals surface area contributed by atoms with Crippen molar-refractivity contribution in [2.75, 3.05) is 13.2 Å². The highest BCUT2D eigenvalue weighted by Crippen LogP contribution is 2.22. The Hall–Kier alpha value is -0.220. The zero-order valence-electron chi connectivity index (χ0n) is 4.23. The molecular formula is C4H7F2NO. The predicted octanol–water partition coefficient (Wildman–Crippen LogP) is -0.0208. The molecule has 1 aliphatic heterocycles. The molecule has 0 radical (unpaired) electrons. The molecule has 4 heteroatoms. The van der Waals surface area contributed by atoms with Crippen molar-refractivity contribution in [3.05, 3.63) is 0 Å². The van der Waals surface area contributed by atoms with Gasteiger partial charge in [0, 0.05) is 0 Å². The molecule has 0 bridgehead atoms. The van der Waals surface area contributed by atoms with E-state index < -0.39 is 18.6 Å². The number of ether oxygens (including phenoxy) is 1. The Labute approximate surface area is 45.6 Å². The molecule has 0 aromatic carbocycles. The molecule has 0 aromatic rings. The van der Waals surface area contributed by atoms with Gasteiger partial charge in [0.05, 0.1) is 12.6 Å². The van der Waals surface area contributed by atoms with E-state index in [1.807, 2.05) is 0 Å². The van der Waals surface area contributed by atoms with Gasteiger partial charge in [0.1, 0.15) is 6.61 Å². The van der Waals surface area contributed by atoms with Crippen LogP contribution in [0.5, 0.6) is 0 Å². The maximum atomic E-state index is 12.1. The van der Waals surface area contributed by atoms with Crippen LogP contribution in [0.4, 0.5) is 8.78 Å². The average molecular weight is 123 g/mol. The van der Waals surface area contributed by atoms with E-state index >= 15 is 0 Å². The Morgan fingerprint density at radius 3 is 2.38 bits per heavy atom. The van der Waals surface area contributed by atoms with Crippen molar-refractivity contribution >= 4 is 0 Å². The maximum Gasteiger partial charge on any atom is 0.287 e. The van der Waals surface area contributed by atoms with Crippen LogP contribution in [0.25, 0.3) is 0 Å². The molecule has 0 aromatic heterocycles. The summed E-state index contributed by atoms with van der Waals surface area (Å²) in [5.41, 5.74) is 4.94. The Morgan fingerprint density at radius 1 is 1.62 bits per heavy atom. The van der Waals surface area contributed by atoms with E-state index in [1.54, 1.807) is 0 Å². The molecule has 1 heterocycles. The van der Waals surface area contributed by atoms with Gasteiger partial charge in [0.15, 0.2) is 0 Å². The zero-order chi connectivity index (χ0) is 6.20. The Morgan fingerprint density at radius 2 is 2.25 bits per heavy atom. The van der Waals surface area contributed by atoms with Crippen molar-refractivity contribution in [3.8, 4) is 0 Å². The summed E-state index contributed by atoms with van der Waals surface area (Å²) in [6.45, 7) is -0.541. The number of halogens is 2. The monoisotopic (exact) mass is 123 g/mol. The summed E-state index contributed by atoms with van der Waals surface area (Å²) in [4.78, 5) is 0. The number of nitrogens with two attached hydrogens (primary N) is 1. The van der Waals surface area contributed by atoms with Gasteiger partial charge < -0.3 is 10.5 Å². The molecule has 1 atom stereocenters. The minimum Gasteiger partial charge on any atom is -0.373 e. The number of rotatable bonds is 0. The second-order valence-corrected chi connectivity index (χ2v) is 1.88. The van der Waals surface area contributed by atoms with Gasteiger partial charge in [-0.1, -0.05) is 0 Å². The second-order valence-electron chi connectivity index (χ2n) is 1.88. The van der Waals surface area contributed by atoms with Crippen molar-refractivity contribution in [2.24, 2.45) is 5.73 Å². The second kappa shape index (κ2) is 1.63. The summed E-state index contributed by atoms with van der Waals surface area (Å²) in [7, 11) is 0. The minimum atomic E-state index is -2.79. The molecule has 0 saturated carbocycles. The summed E-state index contributed by atoms with van der Waals surface area (Å²) in [5, 5.41) is 0.